The van der Waals surface area contributed by atoms with Gasteiger partial charge in [0.15, 0.2) is 0 Å². The van der Waals surface area contributed by atoms with Crippen molar-refractivity contribution in [3.8, 4) is 0 Å². The summed E-state index contributed by atoms with van der Waals surface area (Å²) < 4.78 is 5.17. The molecule has 1 aromatic carbocycles. The van der Waals surface area contributed by atoms with Crippen LogP contribution in [0.3, 0.4) is 0 Å². The highest BCUT2D eigenvalue weighted by atomic mass is 16.6. The molecule has 0 radical (unpaired) electrons. The molecule has 102 valence electrons. The predicted molar refractivity (Wildman–Crippen MR) is 71.2 cm³/mol. The first-order chi connectivity index (χ1) is 8.74. The van der Waals surface area contributed by atoms with E-state index in [1.165, 1.54) is 31.2 Å². The zero-order valence-corrected chi connectivity index (χ0v) is 11.5. The molecule has 19 heavy (non-hydrogen) atoms. The fraction of sp³-hybridized carbons (Fsp3) is 0.357. The van der Waals surface area contributed by atoms with Crippen LogP contribution in [-0.2, 0) is 9.53 Å². The highest BCUT2D eigenvalue weighted by molar-refractivity contribution is 6.11. The van der Waals surface area contributed by atoms with Gasteiger partial charge in [-0.05, 0) is 45.0 Å². The molecule has 2 amide bonds. The molecular weight excluding hydrogens is 246 g/mol. The van der Waals surface area contributed by atoms with E-state index in [0.717, 1.165) is 4.90 Å². The van der Waals surface area contributed by atoms with Gasteiger partial charge in [0.1, 0.15) is 11.9 Å². The molecule has 0 fully saturated rings. The van der Waals surface area contributed by atoms with Crippen LogP contribution in [0.25, 0.3) is 0 Å². The largest absolute Gasteiger partial charge is 0.443 e. The molecule has 0 N–H and O–H groups in total. The van der Waals surface area contributed by atoms with Crippen LogP contribution in [-0.4, -0.2) is 23.9 Å². The average Bonchev–Trinajstić information content (AvgIpc) is 2.27. The summed E-state index contributed by atoms with van der Waals surface area (Å²) in [4.78, 5) is 35.1. The van der Waals surface area contributed by atoms with Crippen molar-refractivity contribution in [1.29, 1.82) is 0 Å². The van der Waals surface area contributed by atoms with Crippen molar-refractivity contribution >= 4 is 24.0 Å². The molecule has 5 heteroatoms. The monoisotopic (exact) mass is 263 g/mol. The number of imide groups is 1. The quantitative estimate of drug-likeness (QED) is 0.770. The minimum absolute atomic E-state index is 0.368. The Hall–Kier alpha value is -2.17. The van der Waals surface area contributed by atoms with E-state index in [9.17, 15) is 14.4 Å². The number of amides is 2. The molecule has 0 aliphatic rings. The fourth-order valence-corrected chi connectivity index (χ4v) is 1.43. The van der Waals surface area contributed by atoms with Gasteiger partial charge in [-0.15, -0.1) is 0 Å². The summed E-state index contributed by atoms with van der Waals surface area (Å²) in [5.74, 6) is -0.451. The van der Waals surface area contributed by atoms with Crippen LogP contribution in [0.5, 0.6) is 0 Å². The predicted octanol–water partition coefficient (Wildman–Crippen LogP) is 2.79. The number of carbonyl (C=O) groups excluding carboxylic acids is 3. The van der Waals surface area contributed by atoms with Crippen molar-refractivity contribution < 1.29 is 19.1 Å². The number of carbonyl (C=O) groups is 3. The number of anilines is 1. The van der Waals surface area contributed by atoms with Gasteiger partial charge in [-0.3, -0.25) is 9.59 Å². The molecule has 5 nitrogen and oxygen atoms in total. The Balaban J connectivity index is 3.03. The van der Waals surface area contributed by atoms with E-state index in [1.54, 1.807) is 20.8 Å². The maximum absolute atomic E-state index is 12.0. The fourth-order valence-electron chi connectivity index (χ4n) is 1.43. The molecule has 0 spiro atoms. The number of ether oxygens (including phenoxy) is 1. The Bertz CT molecular complexity index is 485. The van der Waals surface area contributed by atoms with Crippen molar-refractivity contribution in [3.05, 3.63) is 29.8 Å². The summed E-state index contributed by atoms with van der Waals surface area (Å²) >= 11 is 0. The molecular formula is C14H17NO4. The molecule has 0 aliphatic carbocycles. The van der Waals surface area contributed by atoms with Crippen molar-refractivity contribution in [3.63, 3.8) is 0 Å². The second-order valence-corrected chi connectivity index (χ2v) is 5.04. The molecule has 0 aromatic heterocycles. The van der Waals surface area contributed by atoms with Gasteiger partial charge in [0, 0.05) is 12.5 Å². The summed E-state index contributed by atoms with van der Waals surface area (Å²) in [6, 6.07) is 6.11. The van der Waals surface area contributed by atoms with Gasteiger partial charge >= 0.3 is 6.09 Å². The first kappa shape index (κ1) is 14.9. The smallest absolute Gasteiger partial charge is 0.421 e. The molecule has 0 heterocycles. The maximum atomic E-state index is 12.0. The number of aldehydes is 1. The van der Waals surface area contributed by atoms with Crippen LogP contribution in [0.15, 0.2) is 24.3 Å². The summed E-state index contributed by atoms with van der Waals surface area (Å²) in [7, 11) is 0. The zero-order chi connectivity index (χ0) is 14.6. The van der Waals surface area contributed by atoms with E-state index >= 15 is 0 Å². The minimum atomic E-state index is -0.737. The number of nitrogens with zero attached hydrogens (tertiary/aromatic N) is 1. The number of benzene rings is 1. The molecule has 0 bridgehead atoms. The van der Waals surface area contributed by atoms with Crippen molar-refractivity contribution in [2.45, 2.75) is 33.3 Å². The highest BCUT2D eigenvalue weighted by Gasteiger charge is 2.26. The van der Waals surface area contributed by atoms with E-state index in [-0.39, 0.29) is 0 Å². The molecule has 1 aromatic rings. The van der Waals surface area contributed by atoms with Gasteiger partial charge in [-0.25, -0.2) is 9.69 Å². The van der Waals surface area contributed by atoms with Gasteiger partial charge in [-0.1, -0.05) is 0 Å². The zero-order valence-electron chi connectivity index (χ0n) is 11.5. The second kappa shape index (κ2) is 5.65. The van der Waals surface area contributed by atoms with Gasteiger partial charge < -0.3 is 4.74 Å². The minimum Gasteiger partial charge on any atom is -0.443 e. The van der Waals surface area contributed by atoms with Crippen LogP contribution in [0, 0.1) is 0 Å². The number of hydrogen-bond acceptors (Lipinski definition) is 4. The molecule has 1 rings (SSSR count). The summed E-state index contributed by atoms with van der Waals surface area (Å²) in [6.07, 6.45) is -0.0473. The summed E-state index contributed by atoms with van der Waals surface area (Å²) in [5.41, 5.74) is 0.150. The molecule has 0 atom stereocenters. The van der Waals surface area contributed by atoms with E-state index in [1.807, 2.05) is 0 Å². The van der Waals surface area contributed by atoms with Gasteiger partial charge in [-0.2, -0.15) is 0 Å². The lowest BCUT2D eigenvalue weighted by Gasteiger charge is -2.25. The lowest BCUT2D eigenvalue weighted by Crippen LogP contribution is -2.39. The standard InChI is InChI=1S/C14H17NO4/c1-10(17)15(13(18)19-14(2,3)4)12-7-5-11(9-16)6-8-12/h5-9H,1-4H3. The van der Waals surface area contributed by atoms with Crippen molar-refractivity contribution in [1.82, 2.24) is 0 Å². The first-order valence-electron chi connectivity index (χ1n) is 5.83. The molecule has 0 unspecified atom stereocenters. The average molecular weight is 263 g/mol. The lowest BCUT2D eigenvalue weighted by molar-refractivity contribution is -0.116. The molecule has 0 saturated carbocycles. The van der Waals surface area contributed by atoms with E-state index in [0.29, 0.717) is 17.5 Å². The highest BCUT2D eigenvalue weighted by Crippen LogP contribution is 2.19. The van der Waals surface area contributed by atoms with E-state index < -0.39 is 17.6 Å². The number of hydrogen-bond donors (Lipinski definition) is 0. The molecule has 0 aliphatic heterocycles. The normalized spacial score (nSPS) is 10.7. The third-order valence-corrected chi connectivity index (χ3v) is 2.18. The topological polar surface area (TPSA) is 63.7 Å². The Morgan fingerprint density at radius 2 is 1.68 bits per heavy atom. The maximum Gasteiger partial charge on any atom is 0.421 e. The Kier molecular flexibility index (Phi) is 4.43. The Labute approximate surface area is 112 Å². The van der Waals surface area contributed by atoms with Gasteiger partial charge in [0.25, 0.3) is 0 Å². The van der Waals surface area contributed by atoms with Gasteiger partial charge in [0.05, 0.1) is 5.69 Å². The van der Waals surface area contributed by atoms with E-state index in [4.69, 9.17) is 4.74 Å². The van der Waals surface area contributed by atoms with Crippen LogP contribution in [0.4, 0.5) is 10.5 Å². The third kappa shape index (κ3) is 4.21. The third-order valence-electron chi connectivity index (χ3n) is 2.18. The van der Waals surface area contributed by atoms with Crippen LogP contribution < -0.4 is 4.90 Å². The lowest BCUT2D eigenvalue weighted by atomic mass is 10.2. The van der Waals surface area contributed by atoms with E-state index in [2.05, 4.69) is 0 Å². The van der Waals surface area contributed by atoms with Crippen molar-refractivity contribution in [2.75, 3.05) is 4.90 Å². The Morgan fingerprint density at radius 1 is 1.16 bits per heavy atom. The SMILES string of the molecule is CC(=O)N(C(=O)OC(C)(C)C)c1ccc(C=O)cc1. The van der Waals surface area contributed by atoms with Crippen molar-refractivity contribution in [2.24, 2.45) is 0 Å². The Morgan fingerprint density at radius 3 is 2.05 bits per heavy atom. The molecule has 0 saturated heterocycles. The first-order valence-corrected chi connectivity index (χ1v) is 5.83. The summed E-state index contributed by atoms with van der Waals surface area (Å²) in [5, 5.41) is 0. The van der Waals surface area contributed by atoms with Crippen LogP contribution in [0.1, 0.15) is 38.1 Å². The van der Waals surface area contributed by atoms with Gasteiger partial charge in [0.2, 0.25) is 5.91 Å². The van der Waals surface area contributed by atoms with Crippen LogP contribution >= 0.6 is 0 Å². The second-order valence-electron chi connectivity index (χ2n) is 5.04. The number of rotatable bonds is 2. The summed E-state index contributed by atoms with van der Waals surface area (Å²) in [6.45, 7) is 6.44. The van der Waals surface area contributed by atoms with Crippen LogP contribution in [0.2, 0.25) is 0 Å².